The molecular formula is C16H8F5N3O3. The number of benzene rings is 2. The largest absolute Gasteiger partial charge is 0.294 e. The number of carbonyl (C=O) groups excluding carboxylic acids is 1. The van der Waals surface area contributed by atoms with E-state index < -0.39 is 52.7 Å². The van der Waals surface area contributed by atoms with Crippen LogP contribution in [-0.2, 0) is 6.54 Å². The Hall–Kier alpha value is -3.34. The van der Waals surface area contributed by atoms with E-state index in [0.717, 1.165) is 12.4 Å². The number of aromatic nitrogens is 2. The molecule has 140 valence electrons. The molecule has 0 saturated carbocycles. The number of rotatable bonds is 3. The molecular weight excluding hydrogens is 377 g/mol. The number of nitrogens with one attached hydrogen (secondary N) is 1. The summed E-state index contributed by atoms with van der Waals surface area (Å²) < 4.78 is 68.0. The van der Waals surface area contributed by atoms with E-state index >= 15 is 0 Å². The fourth-order valence-electron chi connectivity index (χ4n) is 2.44. The lowest BCUT2D eigenvalue weighted by Crippen LogP contribution is -2.24. The number of hydroxylamine groups is 1. The Morgan fingerprint density at radius 2 is 1.63 bits per heavy atom. The van der Waals surface area contributed by atoms with E-state index in [4.69, 9.17) is 5.21 Å². The number of fused-ring (bicyclic) bond motifs is 1. The van der Waals surface area contributed by atoms with E-state index in [1.165, 1.54) is 17.6 Å². The van der Waals surface area contributed by atoms with Crippen molar-refractivity contribution in [3.05, 3.63) is 75.1 Å². The molecule has 2 N–H and O–H groups in total. The van der Waals surface area contributed by atoms with Crippen LogP contribution in [0.25, 0.3) is 10.9 Å². The first-order valence-electron chi connectivity index (χ1n) is 7.20. The van der Waals surface area contributed by atoms with Gasteiger partial charge in [0.2, 0.25) is 5.82 Å². The van der Waals surface area contributed by atoms with Gasteiger partial charge in [-0.05, 0) is 18.2 Å². The van der Waals surface area contributed by atoms with Crippen molar-refractivity contribution in [2.24, 2.45) is 0 Å². The molecule has 1 amide bonds. The molecule has 0 spiro atoms. The Bertz CT molecular complexity index is 1120. The van der Waals surface area contributed by atoms with Crippen molar-refractivity contribution in [3.8, 4) is 0 Å². The first kappa shape index (κ1) is 18.5. The van der Waals surface area contributed by atoms with Crippen LogP contribution >= 0.6 is 0 Å². The van der Waals surface area contributed by atoms with Gasteiger partial charge in [0.1, 0.15) is 0 Å². The van der Waals surface area contributed by atoms with Crippen molar-refractivity contribution in [3.63, 3.8) is 0 Å². The Morgan fingerprint density at radius 1 is 1.04 bits per heavy atom. The van der Waals surface area contributed by atoms with E-state index in [2.05, 4.69) is 4.98 Å². The van der Waals surface area contributed by atoms with Gasteiger partial charge in [-0.2, -0.15) is 0 Å². The molecule has 0 saturated heterocycles. The third kappa shape index (κ3) is 3.01. The second-order valence-electron chi connectivity index (χ2n) is 5.40. The van der Waals surface area contributed by atoms with Gasteiger partial charge in [0.25, 0.3) is 11.5 Å². The Morgan fingerprint density at radius 3 is 2.22 bits per heavy atom. The predicted octanol–water partition coefficient (Wildman–Crippen LogP) is 2.26. The molecule has 6 nitrogen and oxygen atoms in total. The molecule has 0 aliphatic heterocycles. The van der Waals surface area contributed by atoms with Crippen molar-refractivity contribution in [2.75, 3.05) is 0 Å². The van der Waals surface area contributed by atoms with Gasteiger partial charge in [0.15, 0.2) is 23.3 Å². The molecule has 0 fully saturated rings. The minimum atomic E-state index is -2.31. The van der Waals surface area contributed by atoms with Crippen LogP contribution in [0.3, 0.4) is 0 Å². The summed E-state index contributed by atoms with van der Waals surface area (Å²) in [6.45, 7) is -0.982. The molecule has 0 aliphatic carbocycles. The van der Waals surface area contributed by atoms with Crippen LogP contribution < -0.4 is 11.0 Å². The maximum Gasteiger partial charge on any atom is 0.274 e. The normalized spacial score (nSPS) is 11.0. The van der Waals surface area contributed by atoms with Crippen LogP contribution in [-0.4, -0.2) is 20.7 Å². The Balaban J connectivity index is 2.15. The summed E-state index contributed by atoms with van der Waals surface area (Å²) in [5.74, 6) is -11.6. The first-order valence-corrected chi connectivity index (χ1v) is 7.20. The molecule has 0 atom stereocenters. The summed E-state index contributed by atoms with van der Waals surface area (Å²) in [5, 5.41) is 8.47. The zero-order valence-electron chi connectivity index (χ0n) is 13.1. The molecule has 0 radical (unpaired) electrons. The highest BCUT2D eigenvalue weighted by Gasteiger charge is 2.26. The van der Waals surface area contributed by atoms with Gasteiger partial charge >= 0.3 is 0 Å². The maximum absolute atomic E-state index is 13.8. The lowest BCUT2D eigenvalue weighted by atomic mass is 10.1. The van der Waals surface area contributed by atoms with Gasteiger partial charge in [-0.25, -0.2) is 32.4 Å². The van der Waals surface area contributed by atoms with Gasteiger partial charge in [0, 0.05) is 11.1 Å². The van der Waals surface area contributed by atoms with E-state index in [1.54, 1.807) is 0 Å². The van der Waals surface area contributed by atoms with Gasteiger partial charge in [-0.1, -0.05) is 0 Å². The van der Waals surface area contributed by atoms with Crippen molar-refractivity contribution >= 4 is 16.8 Å². The number of carbonyl (C=O) groups is 1. The van der Waals surface area contributed by atoms with Crippen LogP contribution in [0.15, 0.2) is 29.3 Å². The molecule has 1 heterocycles. The molecule has 11 heteroatoms. The average molecular weight is 385 g/mol. The molecule has 2 aromatic carbocycles. The number of halogens is 5. The lowest BCUT2D eigenvalue weighted by Gasteiger charge is -2.11. The number of hydrogen-bond donors (Lipinski definition) is 2. The third-order valence-electron chi connectivity index (χ3n) is 3.82. The highest BCUT2D eigenvalue weighted by Crippen LogP contribution is 2.23. The summed E-state index contributed by atoms with van der Waals surface area (Å²) in [7, 11) is 0. The molecule has 3 aromatic rings. The van der Waals surface area contributed by atoms with E-state index in [9.17, 15) is 31.5 Å². The Kier molecular flexibility index (Phi) is 4.62. The fraction of sp³-hybridized carbons (Fsp3) is 0.0625. The molecule has 0 aliphatic rings. The molecule has 0 bridgehead atoms. The average Bonchev–Trinajstić information content (AvgIpc) is 2.69. The van der Waals surface area contributed by atoms with Gasteiger partial charge in [-0.15, -0.1) is 0 Å². The van der Waals surface area contributed by atoms with Crippen molar-refractivity contribution in [1.82, 2.24) is 15.0 Å². The predicted molar refractivity (Wildman–Crippen MR) is 80.6 cm³/mol. The minimum absolute atomic E-state index is 0.113. The summed E-state index contributed by atoms with van der Waals surface area (Å²) >= 11 is 0. The second-order valence-corrected chi connectivity index (χ2v) is 5.40. The van der Waals surface area contributed by atoms with Crippen LogP contribution in [0, 0.1) is 29.1 Å². The smallest absolute Gasteiger partial charge is 0.274 e. The van der Waals surface area contributed by atoms with Crippen LogP contribution in [0.1, 0.15) is 15.9 Å². The summed E-state index contributed by atoms with van der Waals surface area (Å²) in [5.41, 5.74) is -0.734. The number of hydrogen-bond acceptors (Lipinski definition) is 4. The molecule has 1 aromatic heterocycles. The first-order chi connectivity index (χ1) is 12.8. The number of amides is 1. The molecule has 0 unspecified atom stereocenters. The standard InChI is InChI=1S/C16H8F5N3O3/c17-10-8(11(18)13(20)14(21)12(10)19)4-24-5-22-9-2-1-6(15(25)23-27)3-7(9)16(24)26/h1-3,5,27H,4H2,(H,23,25). The molecule has 3 rings (SSSR count). The van der Waals surface area contributed by atoms with E-state index in [1.807, 2.05) is 0 Å². The summed E-state index contributed by atoms with van der Waals surface area (Å²) in [6, 6.07) is 3.60. The van der Waals surface area contributed by atoms with E-state index in [-0.39, 0.29) is 16.5 Å². The minimum Gasteiger partial charge on any atom is -0.294 e. The van der Waals surface area contributed by atoms with Crippen molar-refractivity contribution in [2.45, 2.75) is 6.54 Å². The van der Waals surface area contributed by atoms with Gasteiger partial charge in [0.05, 0.1) is 23.8 Å². The topological polar surface area (TPSA) is 84.2 Å². The zero-order chi connectivity index (χ0) is 19.9. The van der Waals surface area contributed by atoms with Crippen LogP contribution in [0.5, 0.6) is 0 Å². The maximum atomic E-state index is 13.8. The SMILES string of the molecule is O=C(NO)c1ccc2ncn(Cc3c(F)c(F)c(F)c(F)c3F)c(=O)c2c1. The summed E-state index contributed by atoms with van der Waals surface area (Å²) in [4.78, 5) is 27.8. The van der Waals surface area contributed by atoms with Crippen LogP contribution in [0.2, 0.25) is 0 Å². The zero-order valence-corrected chi connectivity index (χ0v) is 13.1. The highest BCUT2D eigenvalue weighted by molar-refractivity contribution is 5.97. The third-order valence-corrected chi connectivity index (χ3v) is 3.82. The molecule has 27 heavy (non-hydrogen) atoms. The van der Waals surface area contributed by atoms with Gasteiger partial charge in [-0.3, -0.25) is 19.4 Å². The van der Waals surface area contributed by atoms with Crippen molar-refractivity contribution in [1.29, 1.82) is 0 Å². The lowest BCUT2D eigenvalue weighted by molar-refractivity contribution is 0.0706. The quantitative estimate of drug-likeness (QED) is 0.238. The van der Waals surface area contributed by atoms with Crippen LogP contribution in [0.4, 0.5) is 22.0 Å². The fourth-order valence-corrected chi connectivity index (χ4v) is 2.44. The number of nitrogens with zero attached hydrogens (tertiary/aromatic N) is 2. The Labute approximate surface area is 146 Å². The van der Waals surface area contributed by atoms with E-state index in [0.29, 0.717) is 4.57 Å². The van der Waals surface area contributed by atoms with Crippen molar-refractivity contribution < 1.29 is 32.0 Å². The monoisotopic (exact) mass is 385 g/mol. The highest BCUT2D eigenvalue weighted by atomic mass is 19.2. The second kappa shape index (κ2) is 6.76. The summed E-state index contributed by atoms with van der Waals surface area (Å²) in [6.07, 6.45) is 0.870. The van der Waals surface area contributed by atoms with Gasteiger partial charge < -0.3 is 0 Å².